The molecule has 0 bridgehead atoms. The predicted octanol–water partition coefficient (Wildman–Crippen LogP) is 2.47. The van der Waals surface area contributed by atoms with Crippen molar-refractivity contribution in [1.82, 2.24) is 5.32 Å². The lowest BCUT2D eigenvalue weighted by molar-refractivity contribution is 0.0892. The Balaban J connectivity index is 2.80. The number of hydrogen-bond acceptors (Lipinski definition) is 3. The molecule has 0 aliphatic heterocycles. The van der Waals surface area contributed by atoms with Crippen LogP contribution in [0.25, 0.3) is 0 Å². The predicted molar refractivity (Wildman–Crippen MR) is 73.9 cm³/mol. The van der Waals surface area contributed by atoms with Crippen molar-refractivity contribution in [2.45, 2.75) is 25.8 Å². The number of carbonyl (C=O) groups is 1. The first-order valence-electron chi connectivity index (χ1n) is 5.94. The van der Waals surface area contributed by atoms with Gasteiger partial charge in [-0.25, -0.2) is 0 Å². The lowest BCUT2D eigenvalue weighted by Gasteiger charge is -2.18. The standard InChI is InChI=1S/C13H19ClN2O2/c1-3-5-9(8-18-2)16-13(17)12-10(14)6-4-7-11(12)15/h4,6-7,9H,3,5,8,15H2,1-2H3,(H,16,17). The largest absolute Gasteiger partial charge is 0.398 e. The SMILES string of the molecule is CCCC(COC)NC(=O)c1c(N)cccc1Cl. The van der Waals surface area contributed by atoms with Gasteiger partial charge in [-0.1, -0.05) is 31.0 Å². The van der Waals surface area contributed by atoms with Crippen LogP contribution in [-0.2, 0) is 4.74 Å². The number of anilines is 1. The van der Waals surface area contributed by atoms with Crippen molar-refractivity contribution in [2.75, 3.05) is 19.5 Å². The fourth-order valence-corrected chi connectivity index (χ4v) is 2.05. The van der Waals surface area contributed by atoms with Gasteiger partial charge in [0.25, 0.3) is 5.91 Å². The van der Waals surface area contributed by atoms with Crippen LogP contribution in [0.2, 0.25) is 5.02 Å². The Kier molecular flexibility index (Phi) is 5.95. The minimum Gasteiger partial charge on any atom is -0.398 e. The van der Waals surface area contributed by atoms with Crippen molar-refractivity contribution in [1.29, 1.82) is 0 Å². The molecule has 4 nitrogen and oxygen atoms in total. The zero-order valence-corrected chi connectivity index (χ0v) is 11.5. The summed E-state index contributed by atoms with van der Waals surface area (Å²) in [6.07, 6.45) is 1.82. The van der Waals surface area contributed by atoms with Crippen molar-refractivity contribution < 1.29 is 9.53 Å². The first-order valence-corrected chi connectivity index (χ1v) is 6.31. The maximum absolute atomic E-state index is 12.1. The van der Waals surface area contributed by atoms with Gasteiger partial charge in [-0.2, -0.15) is 0 Å². The Hall–Kier alpha value is -1.26. The van der Waals surface area contributed by atoms with Crippen molar-refractivity contribution in [3.63, 3.8) is 0 Å². The highest BCUT2D eigenvalue weighted by Gasteiger charge is 2.17. The highest BCUT2D eigenvalue weighted by Crippen LogP contribution is 2.21. The van der Waals surface area contributed by atoms with E-state index in [1.807, 2.05) is 0 Å². The first-order chi connectivity index (χ1) is 8.60. The average Bonchev–Trinajstić information content (AvgIpc) is 2.29. The molecule has 0 spiro atoms. The number of carbonyl (C=O) groups excluding carboxylic acids is 1. The van der Waals surface area contributed by atoms with Gasteiger partial charge in [0.2, 0.25) is 0 Å². The first kappa shape index (κ1) is 14.8. The third-order valence-corrected chi connectivity index (χ3v) is 2.93. The topological polar surface area (TPSA) is 64.3 Å². The van der Waals surface area contributed by atoms with E-state index in [1.165, 1.54) is 0 Å². The van der Waals surface area contributed by atoms with Crippen LogP contribution in [0.5, 0.6) is 0 Å². The minimum absolute atomic E-state index is 0.0248. The molecule has 1 unspecified atom stereocenters. The molecule has 18 heavy (non-hydrogen) atoms. The van der Waals surface area contributed by atoms with Gasteiger partial charge in [-0.15, -0.1) is 0 Å². The van der Waals surface area contributed by atoms with Gasteiger partial charge in [0, 0.05) is 12.8 Å². The Morgan fingerprint density at radius 3 is 2.83 bits per heavy atom. The molecule has 0 saturated carbocycles. The molecule has 1 aromatic rings. The molecule has 0 heterocycles. The van der Waals surface area contributed by atoms with E-state index >= 15 is 0 Å². The second-order valence-electron chi connectivity index (χ2n) is 4.12. The van der Waals surface area contributed by atoms with Crippen molar-refractivity contribution in [2.24, 2.45) is 0 Å². The van der Waals surface area contributed by atoms with Gasteiger partial charge in [-0.3, -0.25) is 4.79 Å². The Morgan fingerprint density at radius 2 is 2.28 bits per heavy atom. The molecule has 1 atom stereocenters. The molecular formula is C13H19ClN2O2. The molecule has 0 aromatic heterocycles. The zero-order valence-electron chi connectivity index (χ0n) is 10.7. The quantitative estimate of drug-likeness (QED) is 0.781. The van der Waals surface area contributed by atoms with Crippen LogP contribution in [-0.4, -0.2) is 25.7 Å². The number of nitrogens with two attached hydrogens (primary N) is 1. The zero-order chi connectivity index (χ0) is 13.5. The molecule has 0 aliphatic rings. The fraction of sp³-hybridized carbons (Fsp3) is 0.462. The molecule has 1 aromatic carbocycles. The van der Waals surface area contributed by atoms with E-state index < -0.39 is 0 Å². The summed E-state index contributed by atoms with van der Waals surface area (Å²) in [5.74, 6) is -0.256. The van der Waals surface area contributed by atoms with Crippen LogP contribution >= 0.6 is 11.6 Å². The van der Waals surface area contributed by atoms with Gasteiger partial charge in [0.15, 0.2) is 0 Å². The van der Waals surface area contributed by atoms with Crippen molar-refractivity contribution >= 4 is 23.2 Å². The lowest BCUT2D eigenvalue weighted by atomic mass is 10.1. The smallest absolute Gasteiger partial charge is 0.255 e. The number of hydrogen-bond donors (Lipinski definition) is 2. The molecule has 0 radical (unpaired) electrons. The fourth-order valence-electron chi connectivity index (χ4n) is 1.78. The summed E-state index contributed by atoms with van der Waals surface area (Å²) in [7, 11) is 1.61. The number of methoxy groups -OCH3 is 1. The number of rotatable bonds is 6. The van der Waals surface area contributed by atoms with Crippen LogP contribution in [0.3, 0.4) is 0 Å². The second-order valence-corrected chi connectivity index (χ2v) is 4.53. The number of benzene rings is 1. The maximum atomic E-state index is 12.1. The molecular weight excluding hydrogens is 252 g/mol. The highest BCUT2D eigenvalue weighted by molar-refractivity contribution is 6.34. The Bertz CT molecular complexity index is 384. The van der Waals surface area contributed by atoms with E-state index in [0.717, 1.165) is 12.8 Å². The van der Waals surface area contributed by atoms with E-state index in [1.54, 1.807) is 25.3 Å². The van der Waals surface area contributed by atoms with E-state index in [0.29, 0.717) is 22.9 Å². The summed E-state index contributed by atoms with van der Waals surface area (Å²) < 4.78 is 5.07. The Morgan fingerprint density at radius 1 is 1.56 bits per heavy atom. The molecule has 0 fully saturated rings. The molecule has 3 N–H and O–H groups in total. The molecule has 100 valence electrons. The molecule has 1 amide bonds. The van der Waals surface area contributed by atoms with Crippen LogP contribution in [0, 0.1) is 0 Å². The van der Waals surface area contributed by atoms with Crippen LogP contribution < -0.4 is 11.1 Å². The van der Waals surface area contributed by atoms with Crippen LogP contribution in [0.4, 0.5) is 5.69 Å². The van der Waals surface area contributed by atoms with E-state index in [9.17, 15) is 4.79 Å². The van der Waals surface area contributed by atoms with Crippen molar-refractivity contribution in [3.05, 3.63) is 28.8 Å². The van der Waals surface area contributed by atoms with E-state index in [-0.39, 0.29) is 11.9 Å². The third-order valence-electron chi connectivity index (χ3n) is 2.61. The van der Waals surface area contributed by atoms with Gasteiger partial charge in [-0.05, 0) is 18.6 Å². The summed E-state index contributed by atoms with van der Waals surface area (Å²) in [6.45, 7) is 2.53. The number of ether oxygens (including phenoxy) is 1. The number of nitrogens with one attached hydrogen (secondary N) is 1. The monoisotopic (exact) mass is 270 g/mol. The summed E-state index contributed by atoms with van der Waals surface area (Å²) in [5.41, 5.74) is 6.48. The van der Waals surface area contributed by atoms with Gasteiger partial charge >= 0.3 is 0 Å². The van der Waals surface area contributed by atoms with Crippen LogP contribution in [0.15, 0.2) is 18.2 Å². The maximum Gasteiger partial charge on any atom is 0.255 e. The van der Waals surface area contributed by atoms with E-state index in [2.05, 4.69) is 12.2 Å². The molecule has 0 saturated heterocycles. The summed E-state index contributed by atoms with van der Waals surface area (Å²) in [6, 6.07) is 5.00. The summed E-state index contributed by atoms with van der Waals surface area (Å²) >= 11 is 5.99. The number of amides is 1. The van der Waals surface area contributed by atoms with Gasteiger partial charge in [0.1, 0.15) is 0 Å². The van der Waals surface area contributed by atoms with Crippen LogP contribution in [0.1, 0.15) is 30.1 Å². The molecule has 5 heteroatoms. The summed E-state index contributed by atoms with van der Waals surface area (Å²) in [5, 5.41) is 3.25. The lowest BCUT2D eigenvalue weighted by Crippen LogP contribution is -2.38. The second kappa shape index (κ2) is 7.24. The van der Waals surface area contributed by atoms with Crippen molar-refractivity contribution in [3.8, 4) is 0 Å². The number of nitrogen functional groups attached to an aromatic ring is 1. The molecule has 0 aliphatic carbocycles. The number of halogens is 1. The normalized spacial score (nSPS) is 12.2. The minimum atomic E-state index is -0.256. The summed E-state index contributed by atoms with van der Waals surface area (Å²) in [4.78, 5) is 12.1. The van der Waals surface area contributed by atoms with Gasteiger partial charge < -0.3 is 15.8 Å². The molecule has 1 rings (SSSR count). The third kappa shape index (κ3) is 3.89. The van der Waals surface area contributed by atoms with E-state index in [4.69, 9.17) is 22.1 Å². The van der Waals surface area contributed by atoms with Gasteiger partial charge in [0.05, 0.1) is 23.2 Å². The highest BCUT2D eigenvalue weighted by atomic mass is 35.5. The Labute approximate surface area is 112 Å². The average molecular weight is 271 g/mol.